The van der Waals surface area contributed by atoms with Crippen molar-refractivity contribution in [3.8, 4) is 0 Å². The van der Waals surface area contributed by atoms with Gasteiger partial charge in [-0.3, -0.25) is 14.6 Å². The average molecular weight is 389 g/mol. The summed E-state index contributed by atoms with van der Waals surface area (Å²) in [7, 11) is 0. The van der Waals surface area contributed by atoms with Crippen molar-refractivity contribution in [1.29, 1.82) is 0 Å². The molecular formula is C23H23N3O3. The summed E-state index contributed by atoms with van der Waals surface area (Å²) in [4.78, 5) is 43.4. The van der Waals surface area contributed by atoms with Gasteiger partial charge < -0.3 is 9.88 Å². The molecule has 1 aliphatic rings. The molecule has 29 heavy (non-hydrogen) atoms. The summed E-state index contributed by atoms with van der Waals surface area (Å²) >= 11 is 0. The molecule has 6 nitrogen and oxygen atoms in total. The van der Waals surface area contributed by atoms with E-state index >= 15 is 0 Å². The molecule has 1 aromatic heterocycles. The van der Waals surface area contributed by atoms with Gasteiger partial charge in [-0.2, -0.15) is 0 Å². The van der Waals surface area contributed by atoms with Crippen molar-refractivity contribution in [1.82, 2.24) is 9.97 Å². The molecule has 1 atom stereocenters. The first-order valence-corrected chi connectivity index (χ1v) is 9.79. The van der Waals surface area contributed by atoms with E-state index in [-0.39, 0.29) is 24.8 Å². The van der Waals surface area contributed by atoms with Crippen LogP contribution in [0, 0.1) is 6.92 Å². The third kappa shape index (κ3) is 3.92. The second kappa shape index (κ2) is 7.91. The van der Waals surface area contributed by atoms with E-state index in [1.165, 1.54) is 11.1 Å². The van der Waals surface area contributed by atoms with Crippen LogP contribution in [0.2, 0.25) is 0 Å². The molecule has 0 saturated carbocycles. The summed E-state index contributed by atoms with van der Waals surface area (Å²) in [5.74, 6) is -0.0131. The van der Waals surface area contributed by atoms with Crippen LogP contribution in [-0.4, -0.2) is 21.9 Å². The predicted molar refractivity (Wildman–Crippen MR) is 112 cm³/mol. The molecule has 148 valence electrons. The molecule has 2 aromatic carbocycles. The van der Waals surface area contributed by atoms with Crippen molar-refractivity contribution < 1.29 is 4.79 Å². The van der Waals surface area contributed by atoms with Gasteiger partial charge >= 0.3 is 5.69 Å². The number of hydrogen-bond donors (Lipinski definition) is 2. The monoisotopic (exact) mass is 389 g/mol. The largest absolute Gasteiger partial charge is 0.325 e. The molecule has 0 aliphatic carbocycles. The van der Waals surface area contributed by atoms with Gasteiger partial charge in [0, 0.05) is 29.4 Å². The summed E-state index contributed by atoms with van der Waals surface area (Å²) < 4.78 is 0. The van der Waals surface area contributed by atoms with Crippen molar-refractivity contribution in [3.63, 3.8) is 0 Å². The fourth-order valence-corrected chi connectivity index (χ4v) is 4.13. The number of aromatic amines is 2. The number of H-pyrrole nitrogens is 2. The third-order valence-corrected chi connectivity index (χ3v) is 5.50. The highest BCUT2D eigenvalue weighted by Crippen LogP contribution is 2.34. The Balaban J connectivity index is 1.57. The van der Waals surface area contributed by atoms with Crippen molar-refractivity contribution in [2.45, 2.75) is 38.6 Å². The lowest BCUT2D eigenvalue weighted by Gasteiger charge is -2.26. The van der Waals surface area contributed by atoms with Crippen LogP contribution >= 0.6 is 0 Å². The lowest BCUT2D eigenvalue weighted by atomic mass is 10.0. The fourth-order valence-electron chi connectivity index (χ4n) is 4.13. The number of benzene rings is 2. The zero-order chi connectivity index (χ0) is 20.4. The first-order chi connectivity index (χ1) is 14.0. The number of para-hydroxylation sites is 1. The van der Waals surface area contributed by atoms with E-state index < -0.39 is 11.2 Å². The number of aryl methyl sites for hydroxylation is 1. The molecule has 0 bridgehead atoms. The number of fused-ring (bicyclic) bond motifs is 1. The number of nitrogens with zero attached hydrogens (tertiary/aromatic N) is 1. The summed E-state index contributed by atoms with van der Waals surface area (Å²) in [5, 5.41) is 0. The highest BCUT2D eigenvalue weighted by molar-refractivity contribution is 5.96. The molecule has 0 radical (unpaired) electrons. The van der Waals surface area contributed by atoms with Crippen LogP contribution in [0.15, 0.2) is 64.2 Å². The summed E-state index contributed by atoms with van der Waals surface area (Å²) in [5.41, 5.74) is 3.31. The minimum atomic E-state index is -0.529. The molecule has 1 aliphatic heterocycles. The Kier molecular flexibility index (Phi) is 5.16. The first kappa shape index (κ1) is 18.9. The van der Waals surface area contributed by atoms with Gasteiger partial charge in [0.15, 0.2) is 0 Å². The molecule has 0 saturated heterocycles. The van der Waals surface area contributed by atoms with Crippen LogP contribution in [-0.2, 0) is 24.1 Å². The van der Waals surface area contributed by atoms with Crippen molar-refractivity contribution in [3.05, 3.63) is 97.8 Å². The molecule has 4 rings (SSSR count). The Bertz CT molecular complexity index is 1150. The Morgan fingerprint density at radius 1 is 1.03 bits per heavy atom. The minimum Gasteiger partial charge on any atom is -0.311 e. The highest BCUT2D eigenvalue weighted by Gasteiger charge is 2.33. The summed E-state index contributed by atoms with van der Waals surface area (Å²) in [6, 6.07) is 18.2. The molecule has 3 aromatic rings. The smallest absolute Gasteiger partial charge is 0.311 e. The van der Waals surface area contributed by atoms with E-state index in [0.717, 1.165) is 18.5 Å². The van der Waals surface area contributed by atoms with E-state index in [0.29, 0.717) is 11.3 Å². The molecule has 2 N–H and O–H groups in total. The molecule has 0 fully saturated rings. The van der Waals surface area contributed by atoms with Gasteiger partial charge in [-0.1, -0.05) is 48.5 Å². The molecule has 2 heterocycles. The topological polar surface area (TPSA) is 86.0 Å². The molecule has 1 amide bonds. The predicted octanol–water partition coefficient (Wildman–Crippen LogP) is 2.50. The van der Waals surface area contributed by atoms with Crippen LogP contribution < -0.4 is 16.1 Å². The molecule has 0 spiro atoms. The number of carbonyl (C=O) groups is 1. The number of aromatic nitrogens is 2. The third-order valence-electron chi connectivity index (χ3n) is 5.50. The van der Waals surface area contributed by atoms with Gasteiger partial charge in [0.25, 0.3) is 5.56 Å². The molecule has 6 heteroatoms. The second-order valence-corrected chi connectivity index (χ2v) is 7.45. The number of nitrogens with one attached hydrogen (secondary N) is 2. The van der Waals surface area contributed by atoms with Gasteiger partial charge in [-0.05, 0) is 43.4 Å². The Morgan fingerprint density at radius 3 is 2.52 bits per heavy atom. The summed E-state index contributed by atoms with van der Waals surface area (Å²) in [6.07, 6.45) is 2.08. The van der Waals surface area contributed by atoms with E-state index in [1.807, 2.05) is 41.3 Å². The van der Waals surface area contributed by atoms with Crippen LogP contribution in [0.5, 0.6) is 0 Å². The standard InChI is InChI=1S/C23H23N3O3/c1-15-19(22(28)25-23(29)24-15)11-12-21(27)26-18(13-16-7-3-2-4-8-16)14-17-9-5-6-10-20(17)26/h2-10,18H,11-14H2,1H3,(H2,24,25,28,29). The molecule has 1 unspecified atom stereocenters. The van der Waals surface area contributed by atoms with Crippen LogP contribution in [0.1, 0.15) is 28.8 Å². The van der Waals surface area contributed by atoms with Crippen LogP contribution in [0.3, 0.4) is 0 Å². The van der Waals surface area contributed by atoms with E-state index in [9.17, 15) is 14.4 Å². The van der Waals surface area contributed by atoms with Gasteiger partial charge in [-0.25, -0.2) is 4.79 Å². The number of rotatable bonds is 5. The van der Waals surface area contributed by atoms with Crippen molar-refractivity contribution in [2.24, 2.45) is 0 Å². The number of carbonyl (C=O) groups excluding carboxylic acids is 1. The SMILES string of the molecule is Cc1[nH]c(=O)[nH]c(=O)c1CCC(=O)N1c2ccccc2CC1Cc1ccccc1. The van der Waals surface area contributed by atoms with Crippen molar-refractivity contribution >= 4 is 11.6 Å². The van der Waals surface area contributed by atoms with E-state index in [2.05, 4.69) is 28.2 Å². The van der Waals surface area contributed by atoms with Gasteiger partial charge in [-0.15, -0.1) is 0 Å². The fraction of sp³-hybridized carbons (Fsp3) is 0.261. The minimum absolute atomic E-state index is 0.0131. The Hall–Kier alpha value is -3.41. The lowest BCUT2D eigenvalue weighted by Crippen LogP contribution is -2.39. The van der Waals surface area contributed by atoms with Gasteiger partial charge in [0.2, 0.25) is 5.91 Å². The van der Waals surface area contributed by atoms with Gasteiger partial charge in [0.1, 0.15) is 0 Å². The maximum atomic E-state index is 13.2. The summed E-state index contributed by atoms with van der Waals surface area (Å²) in [6.45, 7) is 1.68. The zero-order valence-electron chi connectivity index (χ0n) is 16.3. The number of anilines is 1. The number of hydrogen-bond acceptors (Lipinski definition) is 3. The lowest BCUT2D eigenvalue weighted by molar-refractivity contribution is -0.118. The van der Waals surface area contributed by atoms with Crippen LogP contribution in [0.25, 0.3) is 0 Å². The van der Waals surface area contributed by atoms with E-state index in [4.69, 9.17) is 0 Å². The quantitative estimate of drug-likeness (QED) is 0.703. The number of amides is 1. The van der Waals surface area contributed by atoms with Crippen molar-refractivity contribution in [2.75, 3.05) is 4.90 Å². The maximum absolute atomic E-state index is 13.2. The normalized spacial score (nSPS) is 15.3. The van der Waals surface area contributed by atoms with E-state index in [1.54, 1.807) is 6.92 Å². The zero-order valence-corrected chi connectivity index (χ0v) is 16.3. The maximum Gasteiger partial charge on any atom is 0.325 e. The van der Waals surface area contributed by atoms with Crippen LogP contribution in [0.4, 0.5) is 5.69 Å². The second-order valence-electron chi connectivity index (χ2n) is 7.45. The Morgan fingerprint density at radius 2 is 1.76 bits per heavy atom. The highest BCUT2D eigenvalue weighted by atomic mass is 16.2. The first-order valence-electron chi connectivity index (χ1n) is 9.79. The average Bonchev–Trinajstić information content (AvgIpc) is 3.05. The molecular weight excluding hydrogens is 366 g/mol. The Labute approximate surface area is 168 Å². The van der Waals surface area contributed by atoms with Gasteiger partial charge in [0.05, 0.1) is 0 Å².